The van der Waals surface area contributed by atoms with Crippen LogP contribution in [0.1, 0.15) is 37.1 Å². The summed E-state index contributed by atoms with van der Waals surface area (Å²) in [7, 11) is 0. The number of fused-ring (bicyclic) bond motifs is 1. The monoisotopic (exact) mass is 318 g/mol. The molecule has 1 aliphatic carbocycles. The van der Waals surface area contributed by atoms with E-state index in [1.165, 1.54) is 12.1 Å². The van der Waals surface area contributed by atoms with Crippen LogP contribution in [-0.2, 0) is 29.0 Å². The molecule has 0 unspecified atom stereocenters. The summed E-state index contributed by atoms with van der Waals surface area (Å²) in [4.78, 5) is 14.3. The topological polar surface area (TPSA) is 59.4 Å². The van der Waals surface area contributed by atoms with Crippen LogP contribution in [0, 0.1) is 5.92 Å². The van der Waals surface area contributed by atoms with Gasteiger partial charge in [0.1, 0.15) is 0 Å². The standard InChI is InChI=1S/C17H26N4O2/c22-17(18-14-1-2-14)4-3-15-9-16-11-20(6-7-21(16)19-15)10-13-5-8-23-12-13/h9,13-14H,1-8,10-12H2,(H,18,22)/t13-/m0/s1. The maximum absolute atomic E-state index is 11.8. The van der Waals surface area contributed by atoms with Crippen LogP contribution in [0.5, 0.6) is 0 Å². The third-order valence-electron chi connectivity index (χ3n) is 5.02. The van der Waals surface area contributed by atoms with Crippen molar-refractivity contribution in [2.45, 2.75) is 51.2 Å². The largest absolute Gasteiger partial charge is 0.381 e. The van der Waals surface area contributed by atoms with E-state index in [0.717, 1.165) is 64.3 Å². The van der Waals surface area contributed by atoms with E-state index in [0.29, 0.717) is 18.4 Å². The van der Waals surface area contributed by atoms with Gasteiger partial charge in [0, 0.05) is 45.1 Å². The number of hydrogen-bond acceptors (Lipinski definition) is 4. The summed E-state index contributed by atoms with van der Waals surface area (Å²) in [6.45, 7) is 5.95. The van der Waals surface area contributed by atoms with Crippen LogP contribution in [0.15, 0.2) is 6.07 Å². The molecule has 2 fully saturated rings. The quantitative estimate of drug-likeness (QED) is 0.848. The second kappa shape index (κ2) is 6.61. The summed E-state index contributed by atoms with van der Waals surface area (Å²) in [5.74, 6) is 0.858. The van der Waals surface area contributed by atoms with Crippen molar-refractivity contribution in [2.75, 3.05) is 26.3 Å². The molecule has 1 saturated carbocycles. The van der Waals surface area contributed by atoms with Crippen LogP contribution in [0.3, 0.4) is 0 Å². The third-order valence-corrected chi connectivity index (χ3v) is 5.02. The van der Waals surface area contributed by atoms with Gasteiger partial charge in [-0.05, 0) is 31.2 Å². The first-order chi connectivity index (χ1) is 11.3. The van der Waals surface area contributed by atoms with Crippen molar-refractivity contribution in [3.8, 4) is 0 Å². The number of carbonyl (C=O) groups excluding carboxylic acids is 1. The summed E-state index contributed by atoms with van der Waals surface area (Å²) >= 11 is 0. The van der Waals surface area contributed by atoms with Crippen molar-refractivity contribution in [1.29, 1.82) is 0 Å². The highest BCUT2D eigenvalue weighted by molar-refractivity contribution is 5.76. The van der Waals surface area contributed by atoms with Gasteiger partial charge in [0.15, 0.2) is 0 Å². The van der Waals surface area contributed by atoms with E-state index >= 15 is 0 Å². The Morgan fingerprint density at radius 2 is 2.26 bits per heavy atom. The normalized spacial score (nSPS) is 24.6. The Morgan fingerprint density at radius 3 is 3.04 bits per heavy atom. The molecule has 1 amide bonds. The molecule has 6 heteroatoms. The van der Waals surface area contributed by atoms with Crippen LogP contribution in [0.25, 0.3) is 0 Å². The highest BCUT2D eigenvalue weighted by Crippen LogP contribution is 2.20. The summed E-state index contributed by atoms with van der Waals surface area (Å²) in [5, 5.41) is 7.71. The number of aryl methyl sites for hydroxylation is 1. The van der Waals surface area contributed by atoms with Crippen LogP contribution in [0.2, 0.25) is 0 Å². The van der Waals surface area contributed by atoms with E-state index in [-0.39, 0.29) is 5.91 Å². The first-order valence-corrected chi connectivity index (χ1v) is 8.91. The molecule has 0 aromatic carbocycles. The van der Waals surface area contributed by atoms with Crippen LogP contribution >= 0.6 is 0 Å². The minimum absolute atomic E-state index is 0.168. The Morgan fingerprint density at radius 1 is 1.35 bits per heavy atom. The minimum atomic E-state index is 0.168. The number of ether oxygens (including phenoxy) is 1. The lowest BCUT2D eigenvalue weighted by molar-refractivity contribution is -0.121. The molecule has 126 valence electrons. The van der Waals surface area contributed by atoms with Gasteiger partial charge in [-0.3, -0.25) is 14.4 Å². The second-order valence-corrected chi connectivity index (χ2v) is 7.16. The maximum Gasteiger partial charge on any atom is 0.220 e. The maximum atomic E-state index is 11.8. The Bertz CT molecular complexity index is 561. The van der Waals surface area contributed by atoms with E-state index in [1.54, 1.807) is 0 Å². The number of carbonyl (C=O) groups is 1. The number of amides is 1. The first-order valence-electron chi connectivity index (χ1n) is 8.91. The number of aromatic nitrogens is 2. The van der Waals surface area contributed by atoms with Crippen molar-refractivity contribution in [1.82, 2.24) is 20.0 Å². The lowest BCUT2D eigenvalue weighted by atomic mass is 10.1. The summed E-state index contributed by atoms with van der Waals surface area (Å²) < 4.78 is 7.60. The fraction of sp³-hybridized carbons (Fsp3) is 0.765. The summed E-state index contributed by atoms with van der Waals surface area (Å²) in [6, 6.07) is 2.63. The molecule has 3 heterocycles. The molecule has 0 bridgehead atoms. The molecular weight excluding hydrogens is 292 g/mol. The number of nitrogens with zero attached hydrogens (tertiary/aromatic N) is 3. The lowest BCUT2D eigenvalue weighted by Gasteiger charge is -2.29. The van der Waals surface area contributed by atoms with E-state index in [1.807, 2.05) is 0 Å². The van der Waals surface area contributed by atoms with E-state index < -0.39 is 0 Å². The van der Waals surface area contributed by atoms with E-state index in [2.05, 4.69) is 26.1 Å². The first kappa shape index (κ1) is 15.1. The van der Waals surface area contributed by atoms with Gasteiger partial charge in [-0.15, -0.1) is 0 Å². The van der Waals surface area contributed by atoms with Gasteiger partial charge in [-0.1, -0.05) is 0 Å². The predicted octanol–water partition coefficient (Wildman–Crippen LogP) is 0.946. The fourth-order valence-corrected chi connectivity index (χ4v) is 3.52. The Labute approximate surface area is 137 Å². The molecule has 1 aromatic heterocycles. The highest BCUT2D eigenvalue weighted by Gasteiger charge is 2.25. The summed E-state index contributed by atoms with van der Waals surface area (Å²) in [5.41, 5.74) is 2.34. The molecule has 1 atom stereocenters. The molecule has 1 aromatic rings. The van der Waals surface area contributed by atoms with Gasteiger partial charge in [0.2, 0.25) is 5.91 Å². The average Bonchev–Trinajstić information content (AvgIpc) is 3.05. The van der Waals surface area contributed by atoms with Crippen LogP contribution in [-0.4, -0.2) is 52.9 Å². The van der Waals surface area contributed by atoms with Crippen LogP contribution < -0.4 is 5.32 Å². The van der Waals surface area contributed by atoms with Gasteiger partial charge in [-0.25, -0.2) is 0 Å². The minimum Gasteiger partial charge on any atom is -0.381 e. The Balaban J connectivity index is 1.28. The third kappa shape index (κ3) is 3.93. The zero-order valence-corrected chi connectivity index (χ0v) is 13.7. The smallest absolute Gasteiger partial charge is 0.220 e. The molecule has 23 heavy (non-hydrogen) atoms. The van der Waals surface area contributed by atoms with Gasteiger partial charge in [-0.2, -0.15) is 5.10 Å². The van der Waals surface area contributed by atoms with Crippen molar-refractivity contribution < 1.29 is 9.53 Å². The highest BCUT2D eigenvalue weighted by atomic mass is 16.5. The van der Waals surface area contributed by atoms with Crippen molar-refractivity contribution >= 4 is 5.91 Å². The SMILES string of the molecule is O=C(CCc1cc2n(n1)CCN(C[C@@H]1CCOC1)C2)NC1CC1. The van der Waals surface area contributed by atoms with Gasteiger partial charge in [0.05, 0.1) is 24.5 Å². The lowest BCUT2D eigenvalue weighted by Crippen LogP contribution is -2.37. The molecule has 0 spiro atoms. The van der Waals surface area contributed by atoms with E-state index in [9.17, 15) is 4.79 Å². The van der Waals surface area contributed by atoms with Crippen molar-refractivity contribution in [2.24, 2.45) is 5.92 Å². The molecule has 6 nitrogen and oxygen atoms in total. The van der Waals surface area contributed by atoms with Gasteiger partial charge < -0.3 is 10.1 Å². The molecule has 1 saturated heterocycles. The molecular formula is C17H26N4O2. The summed E-state index contributed by atoms with van der Waals surface area (Å²) in [6.07, 6.45) is 4.78. The zero-order valence-electron chi connectivity index (χ0n) is 13.7. The predicted molar refractivity (Wildman–Crippen MR) is 85.9 cm³/mol. The Kier molecular flexibility index (Phi) is 4.35. The molecule has 1 N–H and O–H groups in total. The second-order valence-electron chi connectivity index (χ2n) is 7.16. The fourth-order valence-electron chi connectivity index (χ4n) is 3.52. The Hall–Kier alpha value is -1.40. The molecule has 4 rings (SSSR count). The average molecular weight is 318 g/mol. The number of hydrogen-bond donors (Lipinski definition) is 1. The van der Waals surface area contributed by atoms with E-state index in [4.69, 9.17) is 4.74 Å². The van der Waals surface area contributed by atoms with Crippen molar-refractivity contribution in [3.05, 3.63) is 17.5 Å². The molecule has 0 radical (unpaired) electrons. The molecule has 3 aliphatic rings. The number of nitrogens with one attached hydrogen (secondary N) is 1. The number of rotatable bonds is 6. The zero-order chi connectivity index (χ0) is 15.6. The van der Waals surface area contributed by atoms with Gasteiger partial charge in [0.25, 0.3) is 0 Å². The van der Waals surface area contributed by atoms with Gasteiger partial charge >= 0.3 is 0 Å². The van der Waals surface area contributed by atoms with Crippen molar-refractivity contribution in [3.63, 3.8) is 0 Å². The van der Waals surface area contributed by atoms with Crippen LogP contribution in [0.4, 0.5) is 0 Å². The molecule has 2 aliphatic heterocycles.